The van der Waals surface area contributed by atoms with Crippen LogP contribution in [0.3, 0.4) is 0 Å². The van der Waals surface area contributed by atoms with E-state index >= 15 is 0 Å². The van der Waals surface area contributed by atoms with Crippen molar-refractivity contribution in [3.63, 3.8) is 0 Å². The van der Waals surface area contributed by atoms with Gasteiger partial charge < -0.3 is 18.9 Å². The third-order valence-corrected chi connectivity index (χ3v) is 2.95. The van der Waals surface area contributed by atoms with E-state index in [-0.39, 0.29) is 24.9 Å². The maximum Gasteiger partial charge on any atom is 0.214 e. The molecule has 3 atom stereocenters. The predicted molar refractivity (Wildman–Crippen MR) is 60.9 cm³/mol. The molecule has 0 amide bonds. The van der Waals surface area contributed by atoms with Crippen LogP contribution in [0.2, 0.25) is 0 Å². The summed E-state index contributed by atoms with van der Waals surface area (Å²) >= 11 is 0. The summed E-state index contributed by atoms with van der Waals surface area (Å²) in [6.45, 7) is 8.18. The first-order chi connectivity index (χ1) is 8.33. The quantitative estimate of drug-likeness (QED) is 0.608. The minimum absolute atomic E-state index is 0.187. The van der Waals surface area contributed by atoms with E-state index < -0.39 is 11.6 Å². The molecule has 7 heteroatoms. The van der Waals surface area contributed by atoms with Crippen molar-refractivity contribution in [2.24, 2.45) is 5.11 Å². The fraction of sp³-hybridized carbons (Fsp3) is 1.00. The number of nitrogens with one attached hydrogen (secondary N) is 1. The molecule has 2 heterocycles. The van der Waals surface area contributed by atoms with Crippen LogP contribution in [0.5, 0.6) is 0 Å². The summed E-state index contributed by atoms with van der Waals surface area (Å²) in [6.07, 6.45) is -0.711. The fourth-order valence-electron chi connectivity index (χ4n) is 2.32. The topological polar surface area (TPSA) is 87.2 Å². The van der Waals surface area contributed by atoms with Gasteiger partial charge in [-0.1, -0.05) is 0 Å². The van der Waals surface area contributed by atoms with Crippen LogP contribution in [0.15, 0.2) is 5.11 Å². The maximum atomic E-state index is 6.71. The second kappa shape index (κ2) is 4.68. The van der Waals surface area contributed by atoms with Gasteiger partial charge in [-0.15, -0.1) is 0 Å². The minimum atomic E-state index is -0.678. The molecule has 0 bridgehead atoms. The highest BCUT2D eigenvalue weighted by atomic mass is 16.8. The van der Waals surface area contributed by atoms with E-state index in [0.717, 1.165) is 0 Å². The summed E-state index contributed by atoms with van der Waals surface area (Å²) in [6, 6.07) is 0. The first-order valence-electron chi connectivity index (χ1n) is 6.04. The Labute approximate surface area is 106 Å². The van der Waals surface area contributed by atoms with E-state index in [4.69, 9.17) is 24.5 Å². The van der Waals surface area contributed by atoms with E-state index in [0.29, 0.717) is 6.61 Å². The number of rotatable bonds is 3. The van der Waals surface area contributed by atoms with Crippen molar-refractivity contribution >= 4 is 0 Å². The first kappa shape index (κ1) is 13.6. The summed E-state index contributed by atoms with van der Waals surface area (Å²) < 4.78 is 22.9. The standard InChI is InChI=1S/C11H20N3O4/c1-10(2)15-6-8(17-10)9-7(5-13-14-12)16-11(3,4)18-9/h7-9,12H,5-6H2,1-4H3/q+1/t7-,8-,9+/m1/s1. The number of nitrogens with zero attached hydrogens (tertiary/aromatic N) is 2. The summed E-state index contributed by atoms with van der Waals surface area (Å²) in [5.74, 6) is -1.27. The van der Waals surface area contributed by atoms with Crippen LogP contribution in [0.25, 0.3) is 0 Å². The molecular weight excluding hydrogens is 238 g/mol. The van der Waals surface area contributed by atoms with Gasteiger partial charge in [0, 0.05) is 0 Å². The second-order valence-corrected chi connectivity index (χ2v) is 5.43. The Hall–Kier alpha value is -0.850. The molecule has 102 valence electrons. The molecular formula is C11H20N3O4+. The average molecular weight is 258 g/mol. The van der Waals surface area contributed by atoms with E-state index in [9.17, 15) is 0 Å². The zero-order chi connectivity index (χ0) is 13.4. The third kappa shape index (κ3) is 2.93. The lowest BCUT2D eigenvalue weighted by Gasteiger charge is -2.22. The molecule has 2 rings (SSSR count). The molecule has 0 aromatic carbocycles. The molecule has 0 radical (unpaired) electrons. The summed E-state index contributed by atoms with van der Waals surface area (Å²) in [4.78, 5) is 3.00. The summed E-state index contributed by atoms with van der Waals surface area (Å²) in [7, 11) is 0. The Morgan fingerprint density at radius 2 is 1.89 bits per heavy atom. The van der Waals surface area contributed by atoms with Crippen LogP contribution in [-0.4, -0.2) is 43.0 Å². The second-order valence-electron chi connectivity index (χ2n) is 5.43. The number of ether oxygens (including phenoxy) is 4. The number of hydrogen-bond donors (Lipinski definition) is 1. The largest absolute Gasteiger partial charge is 0.348 e. The van der Waals surface area contributed by atoms with E-state index in [2.05, 4.69) is 10.0 Å². The van der Waals surface area contributed by atoms with Gasteiger partial charge in [-0.3, -0.25) is 0 Å². The summed E-state index contributed by atoms with van der Waals surface area (Å²) in [5, 5.41) is 3.67. The van der Waals surface area contributed by atoms with Gasteiger partial charge >= 0.3 is 0 Å². The fourth-order valence-corrected chi connectivity index (χ4v) is 2.32. The minimum Gasteiger partial charge on any atom is -0.348 e. The molecule has 2 saturated heterocycles. The highest BCUT2D eigenvalue weighted by molar-refractivity contribution is 4.91. The molecule has 2 aliphatic heterocycles. The van der Waals surface area contributed by atoms with Crippen molar-refractivity contribution in [2.75, 3.05) is 13.2 Å². The Morgan fingerprint density at radius 3 is 2.44 bits per heavy atom. The molecule has 2 fully saturated rings. The van der Waals surface area contributed by atoms with Crippen LogP contribution >= 0.6 is 0 Å². The SMILES string of the molecule is CC1(C)OC[C@H]([C@H]2OC(C)(C)O[C@@H]2CN=[N+]=N)O1. The Balaban J connectivity index is 2.07. The predicted octanol–water partition coefficient (Wildman–Crippen LogP) is 1.21. The van der Waals surface area contributed by atoms with E-state index in [1.54, 1.807) is 0 Å². The van der Waals surface area contributed by atoms with Gasteiger partial charge in [0.25, 0.3) is 0 Å². The molecule has 7 nitrogen and oxygen atoms in total. The van der Waals surface area contributed by atoms with Crippen molar-refractivity contribution in [3.05, 3.63) is 0 Å². The van der Waals surface area contributed by atoms with E-state index in [1.807, 2.05) is 27.7 Å². The normalized spacial score (nSPS) is 37.4. The molecule has 0 unspecified atom stereocenters. The monoisotopic (exact) mass is 258 g/mol. The zero-order valence-corrected chi connectivity index (χ0v) is 11.2. The van der Waals surface area contributed by atoms with Crippen LogP contribution in [-0.2, 0) is 18.9 Å². The Bertz CT molecular complexity index is 365. The van der Waals surface area contributed by atoms with Crippen LogP contribution in [0, 0.1) is 5.53 Å². The van der Waals surface area contributed by atoms with Gasteiger partial charge in [-0.25, -0.2) is 0 Å². The lowest BCUT2D eigenvalue weighted by Crippen LogP contribution is -2.39. The highest BCUT2D eigenvalue weighted by Crippen LogP contribution is 2.35. The van der Waals surface area contributed by atoms with E-state index in [1.165, 1.54) is 0 Å². The van der Waals surface area contributed by atoms with Gasteiger partial charge in [0.05, 0.1) is 6.61 Å². The zero-order valence-electron chi connectivity index (χ0n) is 11.2. The molecule has 0 aromatic heterocycles. The summed E-state index contributed by atoms with van der Waals surface area (Å²) in [5.41, 5.74) is 6.71. The van der Waals surface area contributed by atoms with Crippen molar-refractivity contribution in [1.29, 1.82) is 5.53 Å². The first-order valence-corrected chi connectivity index (χ1v) is 6.04. The third-order valence-electron chi connectivity index (χ3n) is 2.95. The molecule has 0 saturated carbocycles. The molecule has 0 aliphatic carbocycles. The molecule has 1 N–H and O–H groups in total. The highest BCUT2D eigenvalue weighted by Gasteiger charge is 2.50. The van der Waals surface area contributed by atoms with Crippen molar-refractivity contribution in [2.45, 2.75) is 57.6 Å². The van der Waals surface area contributed by atoms with Crippen molar-refractivity contribution in [3.8, 4) is 0 Å². The maximum absolute atomic E-state index is 6.71. The molecule has 0 aromatic rings. The average Bonchev–Trinajstić information content (AvgIpc) is 2.75. The molecule has 2 aliphatic rings. The van der Waals surface area contributed by atoms with Crippen LogP contribution < -0.4 is 4.91 Å². The number of hydrogen-bond acceptors (Lipinski definition) is 6. The van der Waals surface area contributed by atoms with Gasteiger partial charge in [-0.05, 0) is 27.7 Å². The Morgan fingerprint density at radius 1 is 1.17 bits per heavy atom. The molecule has 0 spiro atoms. The van der Waals surface area contributed by atoms with Gasteiger partial charge in [0.15, 0.2) is 18.1 Å². The van der Waals surface area contributed by atoms with Crippen LogP contribution in [0.4, 0.5) is 0 Å². The van der Waals surface area contributed by atoms with Gasteiger partial charge in [-0.2, -0.15) is 0 Å². The smallest absolute Gasteiger partial charge is 0.214 e. The van der Waals surface area contributed by atoms with Crippen LogP contribution in [0.1, 0.15) is 27.7 Å². The molecule has 18 heavy (non-hydrogen) atoms. The van der Waals surface area contributed by atoms with Gasteiger partial charge in [0.2, 0.25) is 4.91 Å². The van der Waals surface area contributed by atoms with Crippen molar-refractivity contribution < 1.29 is 18.9 Å². The van der Waals surface area contributed by atoms with Crippen molar-refractivity contribution in [1.82, 2.24) is 4.91 Å². The lowest BCUT2D eigenvalue weighted by molar-refractivity contribution is -0.174. The lowest BCUT2D eigenvalue weighted by atomic mass is 10.1. The van der Waals surface area contributed by atoms with Gasteiger partial charge in [0.1, 0.15) is 29.0 Å². The Kier molecular flexibility index (Phi) is 3.53.